The number of benzene rings is 2. The number of nitrogens with one attached hydrogen (secondary N) is 1. The van der Waals surface area contributed by atoms with Crippen molar-refractivity contribution in [1.29, 1.82) is 0 Å². The number of aryl methyl sites for hydroxylation is 1. The molecule has 0 spiro atoms. The van der Waals surface area contributed by atoms with E-state index in [1.54, 1.807) is 6.07 Å². The Morgan fingerprint density at radius 2 is 1.81 bits per heavy atom. The first-order valence-electron chi connectivity index (χ1n) is 10.7. The van der Waals surface area contributed by atoms with Gasteiger partial charge in [0.1, 0.15) is 5.82 Å². The molecule has 6 heteroatoms. The SMILES string of the molecule is Cc1ccc(C(C)NC(=O)C2CCN(c3ccc(-c4cccc(F)c4)nn3)CC2)cc1. The maximum Gasteiger partial charge on any atom is 0.223 e. The van der Waals surface area contributed by atoms with E-state index in [-0.39, 0.29) is 23.7 Å². The summed E-state index contributed by atoms with van der Waals surface area (Å²) in [6.07, 6.45) is 1.56. The zero-order valence-corrected chi connectivity index (χ0v) is 17.9. The van der Waals surface area contributed by atoms with E-state index in [1.165, 1.54) is 17.7 Å². The van der Waals surface area contributed by atoms with Gasteiger partial charge in [0, 0.05) is 24.6 Å². The molecule has 1 unspecified atom stereocenters. The summed E-state index contributed by atoms with van der Waals surface area (Å²) in [5.74, 6) is 0.608. The van der Waals surface area contributed by atoms with Crippen LogP contribution in [0.3, 0.4) is 0 Å². The number of rotatable bonds is 5. The molecule has 2 heterocycles. The van der Waals surface area contributed by atoms with Gasteiger partial charge in [0.25, 0.3) is 0 Å². The van der Waals surface area contributed by atoms with Crippen LogP contribution in [0.15, 0.2) is 60.7 Å². The molecule has 1 amide bonds. The molecule has 2 aromatic carbocycles. The number of nitrogens with zero attached hydrogens (tertiary/aromatic N) is 3. The van der Waals surface area contributed by atoms with Crippen molar-refractivity contribution in [3.63, 3.8) is 0 Å². The van der Waals surface area contributed by atoms with Crippen LogP contribution in [0.5, 0.6) is 0 Å². The van der Waals surface area contributed by atoms with E-state index in [9.17, 15) is 9.18 Å². The Labute approximate surface area is 182 Å². The Morgan fingerprint density at radius 3 is 2.45 bits per heavy atom. The van der Waals surface area contributed by atoms with Gasteiger partial charge in [-0.1, -0.05) is 42.0 Å². The number of aromatic nitrogens is 2. The second kappa shape index (κ2) is 9.25. The maximum atomic E-state index is 13.4. The van der Waals surface area contributed by atoms with E-state index < -0.39 is 0 Å². The average molecular weight is 419 g/mol. The van der Waals surface area contributed by atoms with Gasteiger partial charge in [0.2, 0.25) is 5.91 Å². The average Bonchev–Trinajstić information content (AvgIpc) is 2.80. The molecule has 160 valence electrons. The highest BCUT2D eigenvalue weighted by molar-refractivity contribution is 5.79. The molecule has 1 aromatic heterocycles. The molecule has 4 rings (SSSR count). The predicted molar refractivity (Wildman–Crippen MR) is 120 cm³/mol. The van der Waals surface area contributed by atoms with Gasteiger partial charge < -0.3 is 10.2 Å². The Kier molecular flexibility index (Phi) is 6.26. The summed E-state index contributed by atoms with van der Waals surface area (Å²) in [6.45, 7) is 5.59. The van der Waals surface area contributed by atoms with Crippen molar-refractivity contribution in [2.75, 3.05) is 18.0 Å². The van der Waals surface area contributed by atoms with Gasteiger partial charge in [-0.3, -0.25) is 4.79 Å². The van der Waals surface area contributed by atoms with E-state index in [0.29, 0.717) is 11.3 Å². The number of hydrogen-bond acceptors (Lipinski definition) is 4. The van der Waals surface area contributed by atoms with Crippen LogP contribution in [0.4, 0.5) is 10.2 Å². The van der Waals surface area contributed by atoms with Gasteiger partial charge >= 0.3 is 0 Å². The highest BCUT2D eigenvalue weighted by Crippen LogP contribution is 2.24. The van der Waals surface area contributed by atoms with Crippen molar-refractivity contribution >= 4 is 11.7 Å². The summed E-state index contributed by atoms with van der Waals surface area (Å²) in [5.41, 5.74) is 3.67. The molecule has 31 heavy (non-hydrogen) atoms. The molecule has 0 radical (unpaired) electrons. The van der Waals surface area contributed by atoms with Gasteiger partial charge in [-0.15, -0.1) is 10.2 Å². The van der Waals surface area contributed by atoms with E-state index in [2.05, 4.69) is 51.6 Å². The largest absolute Gasteiger partial charge is 0.355 e. The molecule has 1 aliphatic rings. The van der Waals surface area contributed by atoms with Crippen molar-refractivity contribution in [3.8, 4) is 11.3 Å². The quantitative estimate of drug-likeness (QED) is 0.653. The van der Waals surface area contributed by atoms with Crippen LogP contribution in [0.25, 0.3) is 11.3 Å². The smallest absolute Gasteiger partial charge is 0.223 e. The van der Waals surface area contributed by atoms with Gasteiger partial charge in [0.15, 0.2) is 5.82 Å². The van der Waals surface area contributed by atoms with E-state index >= 15 is 0 Å². The third-order valence-electron chi connectivity index (χ3n) is 5.90. The normalized spacial score (nSPS) is 15.5. The summed E-state index contributed by atoms with van der Waals surface area (Å²) >= 11 is 0. The third kappa shape index (κ3) is 5.08. The second-order valence-corrected chi connectivity index (χ2v) is 8.19. The van der Waals surface area contributed by atoms with Crippen molar-refractivity contribution in [3.05, 3.63) is 77.6 Å². The molecule has 1 aliphatic heterocycles. The molecule has 1 atom stereocenters. The van der Waals surface area contributed by atoms with Crippen molar-refractivity contribution < 1.29 is 9.18 Å². The highest BCUT2D eigenvalue weighted by atomic mass is 19.1. The lowest BCUT2D eigenvalue weighted by atomic mass is 9.95. The zero-order chi connectivity index (χ0) is 21.8. The number of halogens is 1. The molecule has 1 N–H and O–H groups in total. The van der Waals surface area contributed by atoms with Gasteiger partial charge in [0.05, 0.1) is 11.7 Å². The lowest BCUT2D eigenvalue weighted by Crippen LogP contribution is -2.41. The molecule has 3 aromatic rings. The molecule has 1 saturated heterocycles. The Hall–Kier alpha value is -3.28. The predicted octanol–water partition coefficient (Wildman–Crippen LogP) is 4.68. The number of carbonyl (C=O) groups is 1. The summed E-state index contributed by atoms with van der Waals surface area (Å²) in [7, 11) is 0. The monoisotopic (exact) mass is 418 g/mol. The summed E-state index contributed by atoms with van der Waals surface area (Å²) in [5, 5.41) is 11.7. The number of amides is 1. The summed E-state index contributed by atoms with van der Waals surface area (Å²) < 4.78 is 13.4. The summed E-state index contributed by atoms with van der Waals surface area (Å²) in [4.78, 5) is 14.9. The Bertz CT molecular complexity index is 1030. The topological polar surface area (TPSA) is 58.1 Å². The van der Waals surface area contributed by atoms with E-state index in [0.717, 1.165) is 37.3 Å². The Morgan fingerprint density at radius 1 is 1.06 bits per heavy atom. The van der Waals surface area contributed by atoms with E-state index in [1.807, 2.05) is 25.1 Å². The molecule has 0 bridgehead atoms. The summed E-state index contributed by atoms with van der Waals surface area (Å²) in [6, 6.07) is 18.4. The standard InChI is InChI=1S/C25H27FN4O/c1-17-6-8-19(9-7-17)18(2)27-25(31)20-12-14-30(15-13-20)24-11-10-23(28-29-24)21-4-3-5-22(26)16-21/h3-11,16,18,20H,12-15H2,1-2H3,(H,27,31). The van der Waals surface area contributed by atoms with Gasteiger partial charge in [-0.05, 0) is 56.5 Å². The van der Waals surface area contributed by atoms with Crippen LogP contribution in [0.1, 0.15) is 36.9 Å². The fourth-order valence-corrected chi connectivity index (χ4v) is 3.94. The molecule has 1 fully saturated rings. The minimum absolute atomic E-state index is 0.00340. The minimum Gasteiger partial charge on any atom is -0.355 e. The number of hydrogen-bond donors (Lipinski definition) is 1. The van der Waals surface area contributed by atoms with Crippen molar-refractivity contribution in [2.45, 2.75) is 32.7 Å². The van der Waals surface area contributed by atoms with Crippen LogP contribution in [0, 0.1) is 18.7 Å². The third-order valence-corrected chi connectivity index (χ3v) is 5.90. The molecule has 5 nitrogen and oxygen atoms in total. The first-order chi connectivity index (χ1) is 15.0. The fourth-order valence-electron chi connectivity index (χ4n) is 3.94. The van der Waals surface area contributed by atoms with Gasteiger partial charge in [-0.2, -0.15) is 0 Å². The molecule has 0 aliphatic carbocycles. The second-order valence-electron chi connectivity index (χ2n) is 8.19. The number of anilines is 1. The number of carbonyl (C=O) groups excluding carboxylic acids is 1. The lowest BCUT2D eigenvalue weighted by Gasteiger charge is -2.32. The van der Waals surface area contributed by atoms with Crippen molar-refractivity contribution in [2.24, 2.45) is 5.92 Å². The maximum absolute atomic E-state index is 13.4. The lowest BCUT2D eigenvalue weighted by molar-refractivity contribution is -0.126. The minimum atomic E-state index is -0.291. The van der Waals surface area contributed by atoms with Crippen molar-refractivity contribution in [1.82, 2.24) is 15.5 Å². The number of piperidine rings is 1. The fraction of sp³-hybridized carbons (Fsp3) is 0.320. The molecule has 0 saturated carbocycles. The first kappa shape index (κ1) is 21.0. The molecular weight excluding hydrogens is 391 g/mol. The molecular formula is C25H27FN4O. The van der Waals surface area contributed by atoms with Gasteiger partial charge in [-0.25, -0.2) is 4.39 Å². The van der Waals surface area contributed by atoms with Crippen LogP contribution in [0.2, 0.25) is 0 Å². The van der Waals surface area contributed by atoms with Crippen LogP contribution < -0.4 is 10.2 Å². The Balaban J connectivity index is 1.32. The van der Waals surface area contributed by atoms with Crippen LogP contribution in [-0.4, -0.2) is 29.2 Å². The highest BCUT2D eigenvalue weighted by Gasteiger charge is 2.26. The zero-order valence-electron chi connectivity index (χ0n) is 17.9. The van der Waals surface area contributed by atoms with Crippen LogP contribution >= 0.6 is 0 Å². The van der Waals surface area contributed by atoms with E-state index in [4.69, 9.17) is 0 Å². The van der Waals surface area contributed by atoms with Crippen LogP contribution in [-0.2, 0) is 4.79 Å². The first-order valence-corrected chi connectivity index (χ1v) is 10.7.